The quantitative estimate of drug-likeness (QED) is 0.696. The maximum Gasteiger partial charge on any atom is 0.271 e. The van der Waals surface area contributed by atoms with Crippen molar-refractivity contribution < 1.29 is 4.79 Å². The second kappa shape index (κ2) is 6.41. The van der Waals surface area contributed by atoms with E-state index in [1.165, 1.54) is 0 Å². The lowest BCUT2D eigenvalue weighted by Gasteiger charge is -2.04. The molecule has 0 aromatic carbocycles. The van der Waals surface area contributed by atoms with E-state index in [-0.39, 0.29) is 5.91 Å². The van der Waals surface area contributed by atoms with E-state index in [1.807, 2.05) is 30.8 Å². The average Bonchev–Trinajstić information content (AvgIpc) is 3.15. The van der Waals surface area contributed by atoms with E-state index in [2.05, 4.69) is 33.1 Å². The zero-order valence-corrected chi connectivity index (χ0v) is 13.9. The van der Waals surface area contributed by atoms with Crippen LogP contribution in [0.2, 0.25) is 0 Å². The van der Waals surface area contributed by atoms with Crippen LogP contribution in [-0.4, -0.2) is 42.6 Å². The van der Waals surface area contributed by atoms with Crippen molar-refractivity contribution in [3.8, 4) is 11.3 Å². The van der Waals surface area contributed by atoms with Crippen LogP contribution in [0.5, 0.6) is 0 Å². The van der Waals surface area contributed by atoms with E-state index in [4.69, 9.17) is 0 Å². The molecule has 0 aliphatic heterocycles. The summed E-state index contributed by atoms with van der Waals surface area (Å²) in [4.78, 5) is 16.4. The number of thiol groups is 1. The zero-order chi connectivity index (χ0) is 16.4. The maximum absolute atomic E-state index is 12.1. The lowest BCUT2D eigenvalue weighted by molar-refractivity contribution is 0.0951. The Labute approximate surface area is 139 Å². The van der Waals surface area contributed by atoms with E-state index in [1.54, 1.807) is 16.8 Å². The van der Waals surface area contributed by atoms with Crippen LogP contribution in [0.4, 0.5) is 0 Å². The molecule has 0 aliphatic rings. The van der Waals surface area contributed by atoms with Crippen LogP contribution in [0, 0.1) is 6.92 Å². The summed E-state index contributed by atoms with van der Waals surface area (Å²) in [5.74, 6) is 0.356. The molecule has 0 spiro atoms. The van der Waals surface area contributed by atoms with Crippen LogP contribution < -0.4 is 5.32 Å². The Hall–Kier alpha value is -2.35. The van der Waals surface area contributed by atoms with Gasteiger partial charge in [-0.3, -0.25) is 9.48 Å². The van der Waals surface area contributed by atoms with Crippen LogP contribution >= 0.6 is 12.6 Å². The Morgan fingerprint density at radius 2 is 2.26 bits per heavy atom. The fraction of sp³-hybridized carbons (Fsp3) is 0.333. The van der Waals surface area contributed by atoms with Gasteiger partial charge in [0.1, 0.15) is 0 Å². The number of amides is 1. The number of nitrogens with one attached hydrogen (secondary N) is 1. The molecular weight excluding hydrogens is 312 g/mol. The molecule has 0 bridgehead atoms. The summed E-state index contributed by atoms with van der Waals surface area (Å²) in [6.07, 6.45) is 3.53. The molecule has 0 unspecified atom stereocenters. The minimum Gasteiger partial charge on any atom is -0.350 e. The van der Waals surface area contributed by atoms with Crippen LogP contribution in [0.25, 0.3) is 16.9 Å². The van der Waals surface area contributed by atoms with Gasteiger partial charge in [0.25, 0.3) is 5.91 Å². The molecule has 3 heterocycles. The van der Waals surface area contributed by atoms with Gasteiger partial charge in [-0.15, -0.1) is 0 Å². The van der Waals surface area contributed by atoms with E-state index < -0.39 is 0 Å². The molecular formula is C15H18N6OS. The molecule has 0 saturated carbocycles. The van der Waals surface area contributed by atoms with Gasteiger partial charge in [0.15, 0.2) is 11.3 Å². The Bertz CT molecular complexity index is 853. The molecule has 1 amide bonds. The Morgan fingerprint density at radius 3 is 2.96 bits per heavy atom. The third-order valence-electron chi connectivity index (χ3n) is 3.67. The fourth-order valence-corrected chi connectivity index (χ4v) is 2.60. The third-order valence-corrected chi connectivity index (χ3v) is 3.89. The van der Waals surface area contributed by atoms with Crippen LogP contribution in [0.1, 0.15) is 23.1 Å². The fourth-order valence-electron chi connectivity index (χ4n) is 2.49. The van der Waals surface area contributed by atoms with Gasteiger partial charge >= 0.3 is 0 Å². The van der Waals surface area contributed by atoms with Gasteiger partial charge in [0.05, 0.1) is 11.9 Å². The van der Waals surface area contributed by atoms with Crippen molar-refractivity contribution in [2.75, 3.05) is 12.3 Å². The third kappa shape index (κ3) is 2.81. The number of hydrogen-bond donors (Lipinski definition) is 2. The van der Waals surface area contributed by atoms with Crippen LogP contribution in [-0.2, 0) is 6.54 Å². The second-order valence-electron chi connectivity index (χ2n) is 5.07. The number of fused-ring (bicyclic) bond motifs is 1. The molecule has 7 nitrogen and oxygen atoms in total. The number of hydrogen-bond acceptors (Lipinski definition) is 5. The van der Waals surface area contributed by atoms with Crippen molar-refractivity contribution in [1.29, 1.82) is 0 Å². The highest BCUT2D eigenvalue weighted by molar-refractivity contribution is 7.80. The summed E-state index contributed by atoms with van der Waals surface area (Å²) in [5, 5.41) is 11.5. The number of aryl methyl sites for hydroxylation is 1. The van der Waals surface area contributed by atoms with Gasteiger partial charge in [0, 0.05) is 42.4 Å². The molecule has 0 aliphatic carbocycles. The molecule has 3 aromatic heterocycles. The largest absolute Gasteiger partial charge is 0.350 e. The first-order valence-electron chi connectivity index (χ1n) is 7.42. The highest BCUT2D eigenvalue weighted by Gasteiger charge is 2.16. The number of aromatic nitrogens is 5. The SMILES string of the molecule is CCn1ncc(-c2ccnc3cc(C(=O)NCCS)nn23)c1C. The molecule has 0 atom stereocenters. The molecule has 0 saturated heterocycles. The standard InChI is InChI=1S/C15H18N6OS/c1-3-20-10(2)11(9-18-20)13-4-5-16-14-8-12(19-21(13)14)15(22)17-6-7-23/h4-5,8-9,23H,3,6-7H2,1-2H3,(H,17,22). The number of carbonyl (C=O) groups excluding carboxylic acids is 1. The monoisotopic (exact) mass is 330 g/mol. The summed E-state index contributed by atoms with van der Waals surface area (Å²) >= 11 is 4.08. The maximum atomic E-state index is 12.1. The molecule has 0 radical (unpaired) electrons. The molecule has 23 heavy (non-hydrogen) atoms. The van der Waals surface area contributed by atoms with Gasteiger partial charge in [-0.05, 0) is 19.9 Å². The number of nitrogens with zero attached hydrogens (tertiary/aromatic N) is 5. The minimum absolute atomic E-state index is 0.225. The molecule has 0 fully saturated rings. The number of rotatable bonds is 5. The van der Waals surface area contributed by atoms with Gasteiger partial charge in [-0.2, -0.15) is 22.8 Å². The van der Waals surface area contributed by atoms with Crippen molar-refractivity contribution in [3.63, 3.8) is 0 Å². The highest BCUT2D eigenvalue weighted by atomic mass is 32.1. The minimum atomic E-state index is -0.225. The average molecular weight is 330 g/mol. The normalized spacial score (nSPS) is 11.1. The van der Waals surface area contributed by atoms with Gasteiger partial charge in [0.2, 0.25) is 0 Å². The predicted octanol–water partition coefficient (Wildman–Crippen LogP) is 1.58. The lowest BCUT2D eigenvalue weighted by Crippen LogP contribution is -2.25. The van der Waals surface area contributed by atoms with E-state index in [9.17, 15) is 4.79 Å². The summed E-state index contributed by atoms with van der Waals surface area (Å²) < 4.78 is 3.60. The molecule has 1 N–H and O–H groups in total. The Kier molecular flexibility index (Phi) is 4.33. The molecule has 120 valence electrons. The first kappa shape index (κ1) is 15.5. The summed E-state index contributed by atoms with van der Waals surface area (Å²) in [5.41, 5.74) is 3.86. The Balaban J connectivity index is 2.06. The van der Waals surface area contributed by atoms with E-state index in [0.29, 0.717) is 23.6 Å². The highest BCUT2D eigenvalue weighted by Crippen LogP contribution is 2.23. The van der Waals surface area contributed by atoms with Crippen molar-refractivity contribution in [2.24, 2.45) is 0 Å². The van der Waals surface area contributed by atoms with Crippen molar-refractivity contribution >= 4 is 24.2 Å². The lowest BCUT2D eigenvalue weighted by atomic mass is 10.2. The van der Waals surface area contributed by atoms with Crippen molar-refractivity contribution in [1.82, 2.24) is 29.7 Å². The summed E-state index contributed by atoms with van der Waals surface area (Å²) in [6.45, 7) is 5.36. The zero-order valence-electron chi connectivity index (χ0n) is 13.0. The van der Waals surface area contributed by atoms with E-state index >= 15 is 0 Å². The first-order chi connectivity index (χ1) is 11.2. The van der Waals surface area contributed by atoms with Gasteiger partial charge in [-0.25, -0.2) is 9.50 Å². The first-order valence-corrected chi connectivity index (χ1v) is 8.05. The van der Waals surface area contributed by atoms with Crippen LogP contribution in [0.3, 0.4) is 0 Å². The van der Waals surface area contributed by atoms with E-state index in [0.717, 1.165) is 23.5 Å². The van der Waals surface area contributed by atoms with Gasteiger partial charge < -0.3 is 5.32 Å². The van der Waals surface area contributed by atoms with Crippen molar-refractivity contribution in [3.05, 3.63) is 35.9 Å². The molecule has 3 aromatic rings. The van der Waals surface area contributed by atoms with Gasteiger partial charge in [-0.1, -0.05) is 0 Å². The second-order valence-corrected chi connectivity index (χ2v) is 5.52. The number of carbonyl (C=O) groups is 1. The predicted molar refractivity (Wildman–Crippen MR) is 90.8 cm³/mol. The summed E-state index contributed by atoms with van der Waals surface area (Å²) in [6, 6.07) is 3.55. The molecule has 3 rings (SSSR count). The summed E-state index contributed by atoms with van der Waals surface area (Å²) in [7, 11) is 0. The topological polar surface area (TPSA) is 77.1 Å². The van der Waals surface area contributed by atoms with Crippen molar-refractivity contribution in [2.45, 2.75) is 20.4 Å². The van der Waals surface area contributed by atoms with Crippen LogP contribution in [0.15, 0.2) is 24.5 Å². The molecule has 8 heteroatoms. The smallest absolute Gasteiger partial charge is 0.271 e. The Morgan fingerprint density at radius 1 is 1.43 bits per heavy atom.